The van der Waals surface area contributed by atoms with E-state index in [9.17, 15) is 4.79 Å². The van der Waals surface area contributed by atoms with E-state index in [4.69, 9.17) is 0 Å². The third kappa shape index (κ3) is 4.20. The number of nitrogens with one attached hydrogen (secondary N) is 1. The summed E-state index contributed by atoms with van der Waals surface area (Å²) in [6.45, 7) is 2.08. The summed E-state index contributed by atoms with van der Waals surface area (Å²) in [6.07, 6.45) is 5.83. The van der Waals surface area contributed by atoms with Gasteiger partial charge in [0.1, 0.15) is 11.4 Å². The van der Waals surface area contributed by atoms with E-state index in [0.29, 0.717) is 5.13 Å². The molecule has 4 rings (SSSR count). The molecule has 0 bridgehead atoms. The lowest BCUT2D eigenvalue weighted by molar-refractivity contribution is -0.113. The van der Waals surface area contributed by atoms with E-state index in [-0.39, 0.29) is 11.7 Å². The smallest absolute Gasteiger partial charge is 0.236 e. The monoisotopic (exact) mass is 410 g/mol. The second kappa shape index (κ2) is 8.07. The number of carbonyl (C=O) groups excluding carboxylic acids is 1. The van der Waals surface area contributed by atoms with Crippen molar-refractivity contribution >= 4 is 45.2 Å². The average Bonchev–Trinajstić information content (AvgIpc) is 3.27. The van der Waals surface area contributed by atoms with Crippen LogP contribution in [-0.4, -0.2) is 36.4 Å². The molecule has 4 aromatic rings. The number of fused-ring (bicyclic) bond motifs is 1. The van der Waals surface area contributed by atoms with Crippen molar-refractivity contribution in [3.05, 3.63) is 59.0 Å². The molecule has 0 saturated heterocycles. The first kappa shape index (κ1) is 18.6. The van der Waals surface area contributed by atoms with Crippen molar-refractivity contribution < 1.29 is 4.79 Å². The third-order valence-corrected chi connectivity index (χ3v) is 6.01. The van der Waals surface area contributed by atoms with E-state index < -0.39 is 0 Å². The zero-order chi connectivity index (χ0) is 19.5. The van der Waals surface area contributed by atoms with Crippen LogP contribution in [-0.2, 0) is 18.3 Å². The van der Waals surface area contributed by atoms with Crippen LogP contribution in [0.3, 0.4) is 0 Å². The minimum atomic E-state index is -0.114. The molecule has 0 aliphatic rings. The molecule has 3 aromatic heterocycles. The van der Waals surface area contributed by atoms with E-state index in [1.807, 2.05) is 13.2 Å². The maximum Gasteiger partial charge on any atom is 0.236 e. The Morgan fingerprint density at radius 1 is 1.25 bits per heavy atom. The first-order valence-electron chi connectivity index (χ1n) is 8.64. The highest BCUT2D eigenvalue weighted by molar-refractivity contribution is 8.00. The van der Waals surface area contributed by atoms with Crippen molar-refractivity contribution in [2.24, 2.45) is 7.05 Å². The summed E-state index contributed by atoms with van der Waals surface area (Å²) in [4.78, 5) is 26.2. The number of amides is 1. The molecule has 1 N–H and O–H groups in total. The molecule has 0 aliphatic heterocycles. The van der Waals surface area contributed by atoms with Gasteiger partial charge in [0.05, 0.1) is 17.3 Å². The fourth-order valence-electron chi connectivity index (χ4n) is 2.82. The quantitative estimate of drug-likeness (QED) is 0.387. The Kier molecular flexibility index (Phi) is 5.36. The van der Waals surface area contributed by atoms with Crippen molar-refractivity contribution in [3.63, 3.8) is 0 Å². The number of hydrogen-bond acceptors (Lipinski definition) is 7. The number of nitrogens with zero attached hydrogens (tertiary/aromatic N) is 5. The predicted octanol–water partition coefficient (Wildman–Crippen LogP) is 3.45. The fourth-order valence-corrected chi connectivity index (χ4v) is 4.44. The van der Waals surface area contributed by atoms with Crippen LogP contribution >= 0.6 is 23.1 Å². The number of aromatic nitrogens is 5. The summed E-state index contributed by atoms with van der Waals surface area (Å²) in [5.74, 6) is 0.130. The summed E-state index contributed by atoms with van der Waals surface area (Å²) >= 11 is 2.86. The van der Waals surface area contributed by atoms with Gasteiger partial charge in [-0.15, -0.1) is 11.3 Å². The minimum absolute atomic E-state index is 0.114. The van der Waals surface area contributed by atoms with Gasteiger partial charge in [0, 0.05) is 24.5 Å². The zero-order valence-electron chi connectivity index (χ0n) is 15.4. The van der Waals surface area contributed by atoms with Gasteiger partial charge >= 0.3 is 0 Å². The molecule has 3 heterocycles. The number of thioether (sulfide) groups is 1. The summed E-state index contributed by atoms with van der Waals surface area (Å²) < 4.78 is 1.69. The molecule has 7 nitrogen and oxygen atoms in total. The lowest BCUT2D eigenvalue weighted by atomic mass is 10.1. The Morgan fingerprint density at radius 3 is 3.00 bits per heavy atom. The molecule has 0 radical (unpaired) electrons. The van der Waals surface area contributed by atoms with Gasteiger partial charge in [0.15, 0.2) is 10.8 Å². The van der Waals surface area contributed by atoms with E-state index in [1.165, 1.54) is 40.6 Å². The van der Waals surface area contributed by atoms with Crippen molar-refractivity contribution in [1.82, 2.24) is 24.7 Å². The Morgan fingerprint density at radius 2 is 2.14 bits per heavy atom. The van der Waals surface area contributed by atoms with Gasteiger partial charge in [-0.1, -0.05) is 41.6 Å². The molecule has 0 fully saturated rings. The van der Waals surface area contributed by atoms with Crippen molar-refractivity contribution in [2.75, 3.05) is 11.1 Å². The number of benzene rings is 1. The standard InChI is InChI=1S/C19H18N6OS2/c1-12-4-3-5-13(6-12)7-14-8-20-19(28-14)24-16(26)10-27-18-15-9-23-25(2)17(15)21-11-22-18/h3-6,8-9,11H,7,10H2,1-2H3,(H,20,24,26). The predicted molar refractivity (Wildman–Crippen MR) is 112 cm³/mol. The first-order chi connectivity index (χ1) is 13.6. The second-order valence-corrected chi connectivity index (χ2v) is 8.40. The number of hydrogen-bond donors (Lipinski definition) is 1. The fraction of sp³-hybridized carbons (Fsp3) is 0.211. The largest absolute Gasteiger partial charge is 0.301 e. The molecule has 0 spiro atoms. The average molecular weight is 411 g/mol. The number of rotatable bonds is 6. The van der Waals surface area contributed by atoms with Gasteiger partial charge < -0.3 is 5.32 Å². The summed E-state index contributed by atoms with van der Waals surface area (Å²) in [5, 5.41) is 9.25. The molecular formula is C19H18N6OS2. The molecule has 0 atom stereocenters. The number of anilines is 1. The van der Waals surface area contributed by atoms with Crippen LogP contribution in [0.4, 0.5) is 5.13 Å². The summed E-state index contributed by atoms with van der Waals surface area (Å²) in [6, 6.07) is 8.40. The van der Waals surface area contributed by atoms with E-state index in [2.05, 4.69) is 56.6 Å². The second-order valence-electron chi connectivity index (χ2n) is 6.32. The molecule has 0 unspecified atom stereocenters. The van der Waals surface area contributed by atoms with Crippen molar-refractivity contribution in [1.29, 1.82) is 0 Å². The van der Waals surface area contributed by atoms with Gasteiger partial charge in [-0.25, -0.2) is 15.0 Å². The van der Waals surface area contributed by atoms with Crippen LogP contribution in [0.1, 0.15) is 16.0 Å². The molecular weight excluding hydrogens is 392 g/mol. The SMILES string of the molecule is Cc1cccc(Cc2cnc(NC(=O)CSc3ncnc4c3cnn4C)s2)c1. The Bertz CT molecular complexity index is 1140. The van der Waals surface area contributed by atoms with Crippen molar-refractivity contribution in [3.8, 4) is 0 Å². The van der Waals surface area contributed by atoms with Crippen LogP contribution in [0, 0.1) is 6.92 Å². The lowest BCUT2D eigenvalue weighted by Gasteiger charge is -2.03. The Balaban J connectivity index is 1.36. The molecule has 1 aromatic carbocycles. The highest BCUT2D eigenvalue weighted by Gasteiger charge is 2.12. The summed E-state index contributed by atoms with van der Waals surface area (Å²) in [5.41, 5.74) is 3.22. The molecule has 9 heteroatoms. The molecule has 28 heavy (non-hydrogen) atoms. The number of thiazole rings is 1. The van der Waals surface area contributed by atoms with Crippen LogP contribution in [0.25, 0.3) is 11.0 Å². The summed E-state index contributed by atoms with van der Waals surface area (Å²) in [7, 11) is 1.83. The van der Waals surface area contributed by atoms with Gasteiger partial charge in [-0.3, -0.25) is 9.48 Å². The van der Waals surface area contributed by atoms with Gasteiger partial charge in [0.25, 0.3) is 0 Å². The van der Waals surface area contributed by atoms with Crippen LogP contribution < -0.4 is 5.32 Å². The third-order valence-electron chi connectivity index (χ3n) is 4.09. The van der Waals surface area contributed by atoms with E-state index in [0.717, 1.165) is 27.4 Å². The topological polar surface area (TPSA) is 85.6 Å². The maximum atomic E-state index is 12.3. The molecule has 1 amide bonds. The number of carbonyl (C=O) groups is 1. The maximum absolute atomic E-state index is 12.3. The van der Waals surface area contributed by atoms with Gasteiger partial charge in [0.2, 0.25) is 5.91 Å². The van der Waals surface area contributed by atoms with Crippen LogP contribution in [0.2, 0.25) is 0 Å². The normalized spacial score (nSPS) is 11.1. The first-order valence-corrected chi connectivity index (χ1v) is 10.4. The van der Waals surface area contributed by atoms with Crippen LogP contribution in [0.15, 0.2) is 48.0 Å². The Labute approximate surface area is 170 Å². The van der Waals surface area contributed by atoms with Crippen molar-refractivity contribution in [2.45, 2.75) is 18.4 Å². The Hall–Kier alpha value is -2.78. The zero-order valence-corrected chi connectivity index (χ0v) is 17.0. The van der Waals surface area contributed by atoms with E-state index >= 15 is 0 Å². The van der Waals surface area contributed by atoms with Crippen LogP contribution in [0.5, 0.6) is 0 Å². The van der Waals surface area contributed by atoms with E-state index in [1.54, 1.807) is 10.9 Å². The lowest BCUT2D eigenvalue weighted by Crippen LogP contribution is -2.13. The highest BCUT2D eigenvalue weighted by atomic mass is 32.2. The molecule has 0 aliphatic carbocycles. The minimum Gasteiger partial charge on any atom is -0.301 e. The van der Waals surface area contributed by atoms with Gasteiger partial charge in [-0.2, -0.15) is 5.10 Å². The van der Waals surface area contributed by atoms with Gasteiger partial charge in [-0.05, 0) is 12.5 Å². The highest BCUT2D eigenvalue weighted by Crippen LogP contribution is 2.25. The number of aryl methyl sites for hydroxylation is 2. The molecule has 142 valence electrons. The molecule has 0 saturated carbocycles.